The summed E-state index contributed by atoms with van der Waals surface area (Å²) in [6.07, 6.45) is 14.1. The Bertz CT molecular complexity index is 2010. The SMILES string of the molecule is C.CC(C)=CCN(CC(C)(C)N)c1ccc(C)cc1.CC(C)=CCN(CC(C)(C)NC(=O)[C@H](CC(C)C)NC(=O)N1CCCCCC1)c1ccc(OB=N)cc1.CC(C)C[C@H](NC(=O)N1CCCCCC1)C(=O)O. The number of nitrogens with zero attached hydrogens (tertiary/aromatic N) is 4. The smallest absolute Gasteiger partial charge is 0.326 e. The van der Waals surface area contributed by atoms with Gasteiger partial charge in [-0.05, 0) is 90.7 Å². The Labute approximate surface area is 448 Å². The van der Waals surface area contributed by atoms with Crippen LogP contribution in [0.15, 0.2) is 71.8 Å². The maximum atomic E-state index is 13.5. The van der Waals surface area contributed by atoms with Crippen molar-refractivity contribution in [3.63, 3.8) is 0 Å². The van der Waals surface area contributed by atoms with Crippen LogP contribution in [0.3, 0.4) is 0 Å². The van der Waals surface area contributed by atoms with Crippen molar-refractivity contribution in [2.45, 2.75) is 185 Å². The first kappa shape index (κ1) is 66.6. The van der Waals surface area contributed by atoms with Gasteiger partial charge >= 0.3 is 168 Å². The molecular formula is C58H100BN9O6. The molecule has 2 saturated heterocycles. The summed E-state index contributed by atoms with van der Waals surface area (Å²) < 4.78 is 5.15. The molecule has 0 radical (unpaired) electrons. The van der Waals surface area contributed by atoms with E-state index < -0.39 is 23.6 Å². The van der Waals surface area contributed by atoms with Gasteiger partial charge in [0.1, 0.15) is 6.04 Å². The van der Waals surface area contributed by atoms with Crippen LogP contribution in [0.5, 0.6) is 5.75 Å². The Morgan fingerprint density at radius 1 is 0.689 bits per heavy atom. The maximum absolute atomic E-state index is 13.5. The number of hydrogen-bond donors (Lipinski definition) is 6. The number of aliphatic carboxylic acids is 1. The molecule has 7 N–H and O–H groups in total. The minimum Gasteiger partial charge on any atom is -0.480 e. The quantitative estimate of drug-likeness (QED) is 0.0521. The summed E-state index contributed by atoms with van der Waals surface area (Å²) in [7, 11) is 0.911. The summed E-state index contributed by atoms with van der Waals surface area (Å²) in [5, 5.41) is 25.1. The molecule has 0 saturated carbocycles. The van der Waals surface area contributed by atoms with Gasteiger partial charge < -0.3 is 30.9 Å². The molecule has 2 aliphatic heterocycles. The zero-order chi connectivity index (χ0) is 54.7. The number of allylic oxidation sites excluding steroid dienone is 2. The zero-order valence-corrected chi connectivity index (χ0v) is 47.2. The van der Waals surface area contributed by atoms with Gasteiger partial charge in [0.05, 0.1) is 0 Å². The molecule has 2 aromatic carbocycles. The predicted molar refractivity (Wildman–Crippen MR) is 308 cm³/mol. The Hall–Kier alpha value is -5.38. The fraction of sp³-hybridized carbons (Fsp3) is 0.655. The molecule has 2 atom stereocenters. The summed E-state index contributed by atoms with van der Waals surface area (Å²) in [5.74, 6) is 0.00508. The van der Waals surface area contributed by atoms with Crippen molar-refractivity contribution in [3.05, 3.63) is 77.4 Å². The van der Waals surface area contributed by atoms with Crippen molar-refractivity contribution in [2.24, 2.45) is 17.6 Å². The molecule has 74 heavy (non-hydrogen) atoms. The van der Waals surface area contributed by atoms with Crippen LogP contribution in [0.1, 0.15) is 160 Å². The van der Waals surface area contributed by atoms with Crippen LogP contribution in [-0.4, -0.2) is 122 Å². The maximum Gasteiger partial charge on any atom is 0.326 e. The number of likely N-dealkylation sites (tertiary alicyclic amines) is 2. The number of aryl methyl sites for hydroxylation is 1. The van der Waals surface area contributed by atoms with Gasteiger partial charge in [0.15, 0.2) is 0 Å². The van der Waals surface area contributed by atoms with E-state index >= 15 is 0 Å². The molecule has 16 heteroatoms. The normalized spacial score (nSPS) is 14.5. The minimum absolute atomic E-state index is 0. The van der Waals surface area contributed by atoms with E-state index in [0.717, 1.165) is 104 Å². The Morgan fingerprint density at radius 2 is 1.08 bits per heavy atom. The Morgan fingerprint density at radius 3 is 1.46 bits per heavy atom. The Kier molecular flexibility index (Phi) is 30.8. The van der Waals surface area contributed by atoms with Crippen LogP contribution in [0.2, 0.25) is 0 Å². The molecule has 5 amide bonds. The molecule has 2 aliphatic rings. The third kappa shape index (κ3) is 28.3. The topological polar surface area (TPSA) is 197 Å². The molecule has 0 spiro atoms. The number of amides is 5. The van der Waals surface area contributed by atoms with Crippen molar-refractivity contribution in [1.82, 2.24) is 25.8 Å². The molecule has 0 aliphatic carbocycles. The van der Waals surface area contributed by atoms with Crippen LogP contribution >= 0.6 is 0 Å². The summed E-state index contributed by atoms with van der Waals surface area (Å²) in [6, 6.07) is 14.5. The van der Waals surface area contributed by atoms with Gasteiger partial charge in [0.25, 0.3) is 0 Å². The van der Waals surface area contributed by atoms with Crippen molar-refractivity contribution >= 4 is 42.6 Å². The largest absolute Gasteiger partial charge is 0.480 e. The van der Waals surface area contributed by atoms with Crippen LogP contribution in [0.25, 0.3) is 0 Å². The van der Waals surface area contributed by atoms with Crippen molar-refractivity contribution < 1.29 is 28.9 Å². The van der Waals surface area contributed by atoms with Gasteiger partial charge in [-0.15, -0.1) is 0 Å². The number of benzene rings is 2. The zero-order valence-electron chi connectivity index (χ0n) is 47.2. The number of nitrogens with one attached hydrogen (secondary N) is 4. The first-order valence-electron chi connectivity index (χ1n) is 26.8. The van der Waals surface area contributed by atoms with Crippen molar-refractivity contribution in [1.29, 1.82) is 5.31 Å². The second-order valence-corrected chi connectivity index (χ2v) is 22.7. The van der Waals surface area contributed by atoms with Crippen LogP contribution in [-0.2, 0) is 9.59 Å². The first-order valence-corrected chi connectivity index (χ1v) is 26.8. The summed E-state index contributed by atoms with van der Waals surface area (Å²) in [6.45, 7) is 32.7. The number of hydrogen-bond acceptors (Lipinski definition) is 9. The number of carboxylic acids is 1. The second-order valence-electron chi connectivity index (χ2n) is 22.7. The molecule has 416 valence electrons. The molecule has 15 nitrogen and oxygen atoms in total. The van der Waals surface area contributed by atoms with Gasteiger partial charge in [-0.3, -0.25) is 0 Å². The molecule has 2 fully saturated rings. The van der Waals surface area contributed by atoms with Crippen LogP contribution < -0.4 is 36.1 Å². The average molecular weight is 1030 g/mol. The van der Waals surface area contributed by atoms with Gasteiger partial charge in [0, 0.05) is 50.5 Å². The van der Waals surface area contributed by atoms with Crippen molar-refractivity contribution in [2.75, 3.05) is 62.2 Å². The minimum atomic E-state index is -0.952. The van der Waals surface area contributed by atoms with Gasteiger partial charge in [-0.2, -0.15) is 0 Å². The van der Waals surface area contributed by atoms with Crippen molar-refractivity contribution in [3.8, 4) is 5.75 Å². The third-order valence-corrected chi connectivity index (χ3v) is 12.3. The monoisotopic (exact) mass is 1030 g/mol. The van der Waals surface area contributed by atoms with E-state index in [-0.39, 0.29) is 42.8 Å². The second kappa shape index (κ2) is 34.2. The van der Waals surface area contributed by atoms with E-state index in [4.69, 9.17) is 20.8 Å². The molecule has 2 aromatic rings. The average Bonchev–Trinajstić information content (AvgIpc) is 3.76. The number of carboxylic acid groups (broad SMARTS) is 1. The van der Waals surface area contributed by atoms with E-state index in [1.54, 1.807) is 4.90 Å². The molecule has 4 rings (SSSR count). The van der Waals surface area contributed by atoms with E-state index in [2.05, 4.69) is 124 Å². The van der Waals surface area contributed by atoms with Gasteiger partial charge in [-0.25, -0.2) is 14.4 Å². The first-order chi connectivity index (χ1) is 34.3. The number of carbonyl (C=O) groups is 4. The number of nitrogens with two attached hydrogens (primary N) is 1. The predicted octanol–water partition coefficient (Wildman–Crippen LogP) is 11.3. The summed E-state index contributed by atoms with van der Waals surface area (Å²) in [4.78, 5) is 57.7. The molecule has 0 unspecified atom stereocenters. The molecule has 0 bridgehead atoms. The molecule has 2 heterocycles. The third-order valence-electron chi connectivity index (χ3n) is 12.3. The van der Waals surface area contributed by atoms with Gasteiger partial charge in [-0.1, -0.05) is 90.2 Å². The number of anilines is 2. The van der Waals surface area contributed by atoms with E-state index in [0.29, 0.717) is 31.7 Å². The number of carbonyl (C=O) groups excluding carboxylic acids is 3. The van der Waals surface area contributed by atoms with E-state index in [1.165, 1.54) is 22.4 Å². The molecular weight excluding hydrogens is 930 g/mol. The van der Waals surface area contributed by atoms with E-state index in [1.807, 2.05) is 56.9 Å². The summed E-state index contributed by atoms with van der Waals surface area (Å²) >= 11 is 0. The fourth-order valence-electron chi connectivity index (χ4n) is 8.52. The number of rotatable bonds is 21. The van der Waals surface area contributed by atoms with Gasteiger partial charge in [0.2, 0.25) is 0 Å². The molecule has 0 aromatic heterocycles. The summed E-state index contributed by atoms with van der Waals surface area (Å²) in [5.41, 5.74) is 11.5. The van der Waals surface area contributed by atoms with Crippen LogP contribution in [0, 0.1) is 24.1 Å². The van der Waals surface area contributed by atoms with E-state index in [9.17, 15) is 19.2 Å². The van der Waals surface area contributed by atoms with Crippen LogP contribution in [0.4, 0.5) is 21.0 Å². The standard InChI is InChI=1S/C28H46BN5O3.C16H26N2.C13H24N2O3.CH4/c1-21(2)15-18-34(23-11-13-24(14-12-23)37-29-30)20-28(5,6)32-26(35)25(19-22(3)4)31-27(36)33-16-9-7-8-10-17-33;1-13(2)10-11-18(12-16(4,5)17)15-8-6-14(3)7-9-15;1-10(2)9-11(12(16)17)14-13(18)15-7-5-3-4-6-8-15;/h11-15,22,25,30H,7-10,16-20H2,1-6H3,(H,31,36)(H,32,35);6-10H,11-12,17H2,1-5H3;10-11H,3-9H2,1-2H3,(H,14,18)(H,16,17);1H4/t25-;;11-;/m0.0./s1. The Balaban J connectivity index is 0.000000618. The fourth-order valence-corrected chi connectivity index (χ4v) is 8.52. The number of urea groups is 2.